The van der Waals surface area contributed by atoms with Crippen LogP contribution in [-0.4, -0.2) is 16.6 Å². The summed E-state index contributed by atoms with van der Waals surface area (Å²) >= 11 is 0. The van der Waals surface area contributed by atoms with Crippen LogP contribution in [0.2, 0.25) is 0 Å². The van der Waals surface area contributed by atoms with Crippen LogP contribution in [0.25, 0.3) is 0 Å². The fourth-order valence-electron chi connectivity index (χ4n) is 2.66. The third kappa shape index (κ3) is 2.77. The van der Waals surface area contributed by atoms with Crippen molar-refractivity contribution in [3.63, 3.8) is 0 Å². The Kier molecular flexibility index (Phi) is 4.08. The number of hydrogen-bond acceptors (Lipinski definition) is 1. The third-order valence-corrected chi connectivity index (χ3v) is 5.10. The van der Waals surface area contributed by atoms with Crippen molar-refractivity contribution >= 4 is 23.3 Å². The molecule has 1 amide bonds. The van der Waals surface area contributed by atoms with Crippen LogP contribution in [0.4, 0.5) is 0 Å². The van der Waals surface area contributed by atoms with Gasteiger partial charge in [0.05, 0.1) is 0 Å². The minimum absolute atomic E-state index is 0.160. The summed E-state index contributed by atoms with van der Waals surface area (Å²) in [7, 11) is 3.23. The van der Waals surface area contributed by atoms with Crippen molar-refractivity contribution in [2.24, 2.45) is 16.7 Å². The Labute approximate surface area is 104 Å². The molecule has 0 radical (unpaired) electrons. The lowest BCUT2D eigenvalue weighted by Crippen LogP contribution is -2.43. The molecule has 4 unspecified atom stereocenters. The lowest BCUT2D eigenvalue weighted by atomic mass is 9.69. The molecular weight excluding hydrogens is 236 g/mol. The van der Waals surface area contributed by atoms with E-state index in [2.05, 4.69) is 55.1 Å². The zero-order chi connectivity index (χ0) is 12.7. The summed E-state index contributed by atoms with van der Waals surface area (Å²) in [5.74, 6) is 0.793. The van der Waals surface area contributed by atoms with E-state index in [-0.39, 0.29) is 10.8 Å². The molecule has 0 aromatic rings. The van der Waals surface area contributed by atoms with Crippen LogP contribution in [0.3, 0.4) is 0 Å². The van der Waals surface area contributed by atoms with E-state index in [1.165, 1.54) is 0 Å². The Morgan fingerprint density at radius 3 is 2.00 bits per heavy atom. The highest BCUT2D eigenvalue weighted by Gasteiger charge is 2.49. The predicted octanol–water partition coefficient (Wildman–Crippen LogP) is 3.68. The Balaban J connectivity index is 3.08. The van der Waals surface area contributed by atoms with Crippen LogP contribution in [0.15, 0.2) is 0 Å². The van der Waals surface area contributed by atoms with Crippen molar-refractivity contribution in [1.82, 2.24) is 4.67 Å². The maximum Gasteiger partial charge on any atom is 0.226 e. The maximum absolute atomic E-state index is 12.0. The Hall–Kier alpha value is 0.330. The van der Waals surface area contributed by atoms with Crippen LogP contribution in [0.1, 0.15) is 48.0 Å². The van der Waals surface area contributed by atoms with E-state index in [0.717, 1.165) is 0 Å². The van der Waals surface area contributed by atoms with Crippen LogP contribution in [0.5, 0.6) is 0 Å². The highest BCUT2D eigenvalue weighted by Crippen LogP contribution is 2.50. The summed E-state index contributed by atoms with van der Waals surface area (Å²) in [5, 5.41) is 0. The molecule has 4 heteroatoms. The lowest BCUT2D eigenvalue weighted by molar-refractivity contribution is -0.124. The van der Waals surface area contributed by atoms with Crippen molar-refractivity contribution in [2.45, 2.75) is 54.0 Å². The van der Waals surface area contributed by atoms with E-state index in [1.807, 2.05) is 0 Å². The Morgan fingerprint density at radius 1 is 1.19 bits per heavy atom. The van der Waals surface area contributed by atoms with E-state index >= 15 is 0 Å². The highest BCUT2D eigenvalue weighted by atomic mass is 32.0. The van der Waals surface area contributed by atoms with Gasteiger partial charge in [-0.15, -0.1) is 0 Å². The summed E-state index contributed by atoms with van der Waals surface area (Å²) < 4.78 is 2.07. The molecule has 1 aliphatic heterocycles. The van der Waals surface area contributed by atoms with E-state index in [9.17, 15) is 4.79 Å². The van der Waals surface area contributed by atoms with Gasteiger partial charge in [0.2, 0.25) is 5.91 Å². The summed E-state index contributed by atoms with van der Waals surface area (Å²) in [6, 6.07) is 0.371. The quantitative estimate of drug-likeness (QED) is 0.659. The molecule has 0 N–H and O–H groups in total. The van der Waals surface area contributed by atoms with Crippen molar-refractivity contribution in [1.29, 1.82) is 0 Å². The molecule has 1 rings (SSSR count). The average Bonchev–Trinajstić information content (AvgIpc) is 2.40. The first-order valence-electron chi connectivity index (χ1n) is 5.87. The SMILES string of the molecule is CC(C)(C)C1CC(=O)N(PP)C1C(C)(C)C. The lowest BCUT2D eigenvalue weighted by Gasteiger charge is -2.42. The van der Waals surface area contributed by atoms with Crippen LogP contribution < -0.4 is 0 Å². The molecule has 0 aromatic carbocycles. The minimum Gasteiger partial charge on any atom is -0.317 e. The molecule has 1 aliphatic rings. The molecular formula is C12H25NOP2. The number of rotatable bonds is 1. The molecule has 16 heavy (non-hydrogen) atoms. The van der Waals surface area contributed by atoms with Crippen molar-refractivity contribution in [2.75, 3.05) is 0 Å². The highest BCUT2D eigenvalue weighted by molar-refractivity contribution is 8.01. The standard InChI is InChI=1S/C12H25NOP2/c1-11(2,3)8-7-9(14)13(16-15)10(8)12(4,5)6/h8,10,16H,7,15H2,1-6H3. The number of nitrogens with zero attached hydrogens (tertiary/aromatic N) is 1. The van der Waals surface area contributed by atoms with Gasteiger partial charge in [-0.3, -0.25) is 4.79 Å². The van der Waals surface area contributed by atoms with Crippen molar-refractivity contribution in [3.8, 4) is 0 Å². The minimum atomic E-state index is 0.160. The third-order valence-electron chi connectivity index (χ3n) is 3.46. The molecule has 4 atom stereocenters. The topological polar surface area (TPSA) is 20.3 Å². The monoisotopic (exact) mass is 261 g/mol. The fourth-order valence-corrected chi connectivity index (χ4v) is 4.53. The first-order chi connectivity index (χ1) is 7.09. The fraction of sp³-hybridized carbons (Fsp3) is 0.917. The normalized spacial score (nSPS) is 28.4. The second-order valence-electron chi connectivity index (χ2n) is 6.88. The molecule has 0 aromatic heterocycles. The van der Waals surface area contributed by atoms with E-state index in [0.29, 0.717) is 32.7 Å². The van der Waals surface area contributed by atoms with Gasteiger partial charge in [0.25, 0.3) is 0 Å². The Morgan fingerprint density at radius 2 is 1.69 bits per heavy atom. The van der Waals surface area contributed by atoms with Gasteiger partial charge in [0.1, 0.15) is 0 Å². The molecule has 2 nitrogen and oxygen atoms in total. The van der Waals surface area contributed by atoms with Crippen LogP contribution in [-0.2, 0) is 4.79 Å². The zero-order valence-electron chi connectivity index (χ0n) is 11.3. The molecule has 1 heterocycles. The van der Waals surface area contributed by atoms with Gasteiger partial charge >= 0.3 is 0 Å². The first kappa shape index (κ1) is 14.4. The molecule has 0 saturated carbocycles. The zero-order valence-corrected chi connectivity index (χ0v) is 13.4. The predicted molar refractivity (Wildman–Crippen MR) is 75.7 cm³/mol. The van der Waals surface area contributed by atoms with Crippen LogP contribution >= 0.6 is 17.3 Å². The molecule has 94 valence electrons. The molecule has 0 bridgehead atoms. The maximum atomic E-state index is 12.0. The molecule has 1 fully saturated rings. The van der Waals surface area contributed by atoms with Crippen molar-refractivity contribution in [3.05, 3.63) is 0 Å². The van der Waals surface area contributed by atoms with E-state index in [4.69, 9.17) is 0 Å². The first-order valence-corrected chi connectivity index (χ1v) is 8.63. The van der Waals surface area contributed by atoms with Gasteiger partial charge in [0, 0.05) is 12.5 Å². The summed E-state index contributed by atoms with van der Waals surface area (Å²) in [6.07, 6.45) is 0.715. The second kappa shape index (κ2) is 4.54. The number of amides is 1. The summed E-state index contributed by atoms with van der Waals surface area (Å²) in [5.41, 5.74) is 0.361. The van der Waals surface area contributed by atoms with E-state index < -0.39 is 0 Å². The summed E-state index contributed by atoms with van der Waals surface area (Å²) in [6.45, 7) is 13.5. The van der Waals surface area contributed by atoms with Crippen molar-refractivity contribution < 1.29 is 4.79 Å². The molecule has 0 aliphatic carbocycles. The molecule has 1 saturated heterocycles. The van der Waals surface area contributed by atoms with Gasteiger partial charge in [-0.05, 0) is 25.2 Å². The largest absolute Gasteiger partial charge is 0.317 e. The van der Waals surface area contributed by atoms with Gasteiger partial charge in [0.15, 0.2) is 0 Å². The number of hydrogen-bond donors (Lipinski definition) is 0. The van der Waals surface area contributed by atoms with E-state index in [1.54, 1.807) is 0 Å². The number of carbonyl (C=O) groups excluding carboxylic acids is 1. The summed E-state index contributed by atoms with van der Waals surface area (Å²) in [4.78, 5) is 12.0. The van der Waals surface area contributed by atoms with Gasteiger partial charge < -0.3 is 4.67 Å². The van der Waals surface area contributed by atoms with Gasteiger partial charge in [-0.1, -0.05) is 50.5 Å². The Bertz CT molecular complexity index is 278. The second-order valence-corrected chi connectivity index (χ2v) is 8.39. The molecule has 0 spiro atoms. The van der Waals surface area contributed by atoms with Gasteiger partial charge in [-0.25, -0.2) is 0 Å². The average molecular weight is 261 g/mol. The van der Waals surface area contributed by atoms with Gasteiger partial charge in [-0.2, -0.15) is 0 Å². The smallest absolute Gasteiger partial charge is 0.226 e. The number of carbonyl (C=O) groups is 1. The van der Waals surface area contributed by atoms with Crippen LogP contribution in [0, 0.1) is 16.7 Å².